The summed E-state index contributed by atoms with van der Waals surface area (Å²) in [6.07, 6.45) is 5.41. The molecule has 2 atom stereocenters. The molecule has 0 unspecified atom stereocenters. The SMILES string of the molecule is CC[C@@H](OC(=O)[C@H](CCSC)NC(=O)c1ccccc1)C(=O)Nc1sc2c(c1C#N)CCCC2. The molecule has 3 rings (SSSR count). The van der Waals surface area contributed by atoms with Gasteiger partial charge in [-0.3, -0.25) is 9.59 Å². The first-order valence-electron chi connectivity index (χ1n) is 11.4. The summed E-state index contributed by atoms with van der Waals surface area (Å²) in [5, 5.41) is 15.7. The zero-order chi connectivity index (χ0) is 24.5. The molecule has 1 aliphatic carbocycles. The third-order valence-corrected chi connectivity index (χ3v) is 7.53. The number of carbonyl (C=O) groups excluding carboxylic acids is 3. The van der Waals surface area contributed by atoms with Crippen LogP contribution in [-0.2, 0) is 27.2 Å². The first-order valence-corrected chi connectivity index (χ1v) is 13.6. The predicted molar refractivity (Wildman–Crippen MR) is 135 cm³/mol. The summed E-state index contributed by atoms with van der Waals surface area (Å²) in [6, 6.07) is 10.00. The average molecular weight is 500 g/mol. The van der Waals surface area contributed by atoms with E-state index in [1.54, 1.807) is 43.0 Å². The number of anilines is 1. The second-order valence-electron chi connectivity index (χ2n) is 8.02. The van der Waals surface area contributed by atoms with Crippen molar-refractivity contribution in [1.82, 2.24) is 5.32 Å². The van der Waals surface area contributed by atoms with Gasteiger partial charge in [-0.25, -0.2) is 4.79 Å². The molecule has 2 N–H and O–H groups in total. The molecular formula is C25H29N3O4S2. The van der Waals surface area contributed by atoms with Gasteiger partial charge in [-0.2, -0.15) is 17.0 Å². The van der Waals surface area contributed by atoms with Gasteiger partial charge in [0.25, 0.3) is 11.8 Å². The molecule has 7 nitrogen and oxygen atoms in total. The average Bonchev–Trinajstić information content (AvgIpc) is 3.21. The molecule has 0 saturated heterocycles. The van der Waals surface area contributed by atoms with E-state index >= 15 is 0 Å². The van der Waals surface area contributed by atoms with Crippen molar-refractivity contribution in [2.75, 3.05) is 17.3 Å². The molecule has 2 amide bonds. The molecule has 0 saturated carbocycles. The Hall–Kier alpha value is -2.83. The molecule has 0 spiro atoms. The lowest BCUT2D eigenvalue weighted by atomic mass is 9.96. The second kappa shape index (κ2) is 12.6. The van der Waals surface area contributed by atoms with E-state index in [4.69, 9.17) is 4.74 Å². The Morgan fingerprint density at radius 1 is 1.21 bits per heavy atom. The minimum atomic E-state index is -1.02. The number of aryl methyl sites for hydroxylation is 1. The van der Waals surface area contributed by atoms with Gasteiger partial charge >= 0.3 is 5.97 Å². The highest BCUT2D eigenvalue weighted by Crippen LogP contribution is 2.37. The quantitative estimate of drug-likeness (QED) is 0.472. The van der Waals surface area contributed by atoms with Gasteiger partial charge in [-0.1, -0.05) is 25.1 Å². The van der Waals surface area contributed by atoms with E-state index in [0.29, 0.717) is 28.3 Å². The van der Waals surface area contributed by atoms with Gasteiger partial charge in [0.2, 0.25) is 0 Å². The van der Waals surface area contributed by atoms with E-state index in [-0.39, 0.29) is 12.3 Å². The highest BCUT2D eigenvalue weighted by atomic mass is 32.2. The normalized spacial score (nSPS) is 14.3. The number of nitrogens with zero attached hydrogens (tertiary/aromatic N) is 1. The van der Waals surface area contributed by atoms with Crippen LogP contribution in [0.5, 0.6) is 0 Å². The lowest BCUT2D eigenvalue weighted by molar-refractivity contribution is -0.156. The van der Waals surface area contributed by atoms with Crippen LogP contribution >= 0.6 is 23.1 Å². The topological polar surface area (TPSA) is 108 Å². The summed E-state index contributed by atoms with van der Waals surface area (Å²) >= 11 is 2.98. The number of esters is 1. The summed E-state index contributed by atoms with van der Waals surface area (Å²) in [7, 11) is 0. The van der Waals surface area contributed by atoms with Crippen molar-refractivity contribution in [2.24, 2.45) is 0 Å². The van der Waals surface area contributed by atoms with Crippen molar-refractivity contribution in [1.29, 1.82) is 5.26 Å². The molecule has 2 aromatic rings. The molecule has 1 heterocycles. The molecule has 9 heteroatoms. The number of benzene rings is 1. The third kappa shape index (κ3) is 6.39. The van der Waals surface area contributed by atoms with Crippen molar-refractivity contribution in [3.63, 3.8) is 0 Å². The number of nitriles is 1. The van der Waals surface area contributed by atoms with Crippen molar-refractivity contribution in [3.05, 3.63) is 51.9 Å². The smallest absolute Gasteiger partial charge is 0.329 e. The van der Waals surface area contributed by atoms with Crippen LogP contribution in [0.1, 0.15) is 59.0 Å². The molecule has 34 heavy (non-hydrogen) atoms. The summed E-state index contributed by atoms with van der Waals surface area (Å²) in [5.74, 6) is -0.844. The molecule has 0 radical (unpaired) electrons. The van der Waals surface area contributed by atoms with Gasteiger partial charge in [-0.05, 0) is 68.2 Å². The molecule has 1 aliphatic rings. The van der Waals surface area contributed by atoms with Crippen molar-refractivity contribution in [2.45, 2.75) is 57.6 Å². The number of ether oxygens (including phenoxy) is 1. The van der Waals surface area contributed by atoms with Gasteiger partial charge in [0.1, 0.15) is 17.1 Å². The Labute approximate surface area is 208 Å². The third-order valence-electron chi connectivity index (χ3n) is 5.68. The van der Waals surface area contributed by atoms with Gasteiger partial charge in [-0.15, -0.1) is 11.3 Å². The Bertz CT molecular complexity index is 1060. The van der Waals surface area contributed by atoms with E-state index in [9.17, 15) is 19.6 Å². The number of hydrogen-bond acceptors (Lipinski definition) is 7. The summed E-state index contributed by atoms with van der Waals surface area (Å²) in [5.41, 5.74) is 1.99. The Balaban J connectivity index is 1.68. The van der Waals surface area contributed by atoms with Gasteiger partial charge < -0.3 is 15.4 Å². The van der Waals surface area contributed by atoms with Crippen LogP contribution in [0.15, 0.2) is 30.3 Å². The van der Waals surface area contributed by atoms with Crippen LogP contribution in [0.25, 0.3) is 0 Å². The molecule has 1 aromatic carbocycles. The number of fused-ring (bicyclic) bond motifs is 1. The van der Waals surface area contributed by atoms with Crippen LogP contribution in [0.3, 0.4) is 0 Å². The Morgan fingerprint density at radius 2 is 1.94 bits per heavy atom. The number of amides is 2. The lowest BCUT2D eigenvalue weighted by Crippen LogP contribution is -2.45. The summed E-state index contributed by atoms with van der Waals surface area (Å²) < 4.78 is 5.55. The van der Waals surface area contributed by atoms with Gasteiger partial charge in [0, 0.05) is 10.4 Å². The fraction of sp³-hybridized carbons (Fsp3) is 0.440. The minimum absolute atomic E-state index is 0.270. The zero-order valence-corrected chi connectivity index (χ0v) is 21.0. The van der Waals surface area contributed by atoms with Crippen LogP contribution < -0.4 is 10.6 Å². The maximum absolute atomic E-state index is 13.0. The highest BCUT2D eigenvalue weighted by Gasteiger charge is 2.29. The Kier molecular flexibility index (Phi) is 9.54. The minimum Gasteiger partial charge on any atom is -0.451 e. The van der Waals surface area contributed by atoms with E-state index < -0.39 is 24.0 Å². The molecule has 0 bridgehead atoms. The number of rotatable bonds is 10. The van der Waals surface area contributed by atoms with Crippen LogP contribution in [0.2, 0.25) is 0 Å². The second-order valence-corrected chi connectivity index (χ2v) is 10.1. The maximum atomic E-state index is 13.0. The van der Waals surface area contributed by atoms with E-state index in [0.717, 1.165) is 36.1 Å². The van der Waals surface area contributed by atoms with E-state index in [1.807, 2.05) is 12.3 Å². The van der Waals surface area contributed by atoms with E-state index in [2.05, 4.69) is 16.7 Å². The first kappa shape index (κ1) is 25.8. The maximum Gasteiger partial charge on any atom is 0.329 e. The number of thioether (sulfide) groups is 1. The largest absolute Gasteiger partial charge is 0.451 e. The zero-order valence-electron chi connectivity index (χ0n) is 19.4. The van der Waals surface area contributed by atoms with E-state index in [1.165, 1.54) is 11.3 Å². The highest BCUT2D eigenvalue weighted by molar-refractivity contribution is 7.98. The van der Waals surface area contributed by atoms with Crippen molar-refractivity contribution >= 4 is 45.9 Å². The summed E-state index contributed by atoms with van der Waals surface area (Å²) in [4.78, 5) is 39.6. The van der Waals surface area contributed by atoms with Gasteiger partial charge in [0.05, 0.1) is 5.56 Å². The molecular weight excluding hydrogens is 470 g/mol. The number of thiophene rings is 1. The molecule has 1 aromatic heterocycles. The predicted octanol–water partition coefficient (Wildman–Crippen LogP) is 4.31. The van der Waals surface area contributed by atoms with Crippen molar-refractivity contribution in [3.8, 4) is 6.07 Å². The summed E-state index contributed by atoms with van der Waals surface area (Å²) in [6.45, 7) is 1.75. The molecule has 0 aliphatic heterocycles. The Morgan fingerprint density at radius 3 is 2.62 bits per heavy atom. The van der Waals surface area contributed by atoms with Gasteiger partial charge in [0.15, 0.2) is 6.10 Å². The monoisotopic (exact) mass is 499 g/mol. The van der Waals surface area contributed by atoms with Crippen LogP contribution in [0.4, 0.5) is 5.00 Å². The fourth-order valence-electron chi connectivity index (χ4n) is 3.82. The van der Waals surface area contributed by atoms with Crippen molar-refractivity contribution < 1.29 is 19.1 Å². The van der Waals surface area contributed by atoms with Crippen LogP contribution in [-0.4, -0.2) is 41.9 Å². The fourth-order valence-corrected chi connectivity index (χ4v) is 5.54. The number of carbonyl (C=O) groups is 3. The standard InChI is InChI=1S/C25H29N3O4S2/c1-3-20(23(30)28-24-18(15-26)17-11-7-8-12-21(17)34-24)32-25(31)19(13-14-33-2)27-22(29)16-9-5-4-6-10-16/h4-6,9-10,19-20H,3,7-8,11-14H2,1-2H3,(H,27,29)(H,28,30)/t19-,20+/m0/s1. The van der Waals surface area contributed by atoms with Crippen LogP contribution in [0, 0.1) is 11.3 Å². The molecule has 180 valence electrons. The molecule has 0 fully saturated rings. The number of nitrogens with one attached hydrogen (secondary N) is 2. The first-order chi connectivity index (χ1) is 16.5. The lowest BCUT2D eigenvalue weighted by Gasteiger charge is -2.21. The number of hydrogen-bond donors (Lipinski definition) is 2.